The fourth-order valence-corrected chi connectivity index (χ4v) is 1.24. The molecule has 1 heterocycles. The van der Waals surface area contributed by atoms with Crippen LogP contribution in [0.5, 0.6) is 0 Å². The van der Waals surface area contributed by atoms with E-state index in [0.717, 1.165) is 5.69 Å². The lowest BCUT2D eigenvalue weighted by molar-refractivity contribution is 0.321. The molecule has 2 N–H and O–H groups in total. The van der Waals surface area contributed by atoms with Gasteiger partial charge in [-0.25, -0.2) is 0 Å². The summed E-state index contributed by atoms with van der Waals surface area (Å²) in [6.07, 6.45) is 0. The minimum absolute atomic E-state index is 0.0127. The molecule has 0 bridgehead atoms. The molecule has 1 unspecified atom stereocenters. The van der Waals surface area contributed by atoms with Crippen molar-refractivity contribution >= 4 is 11.5 Å². The fraction of sp³-hybridized carbons (Fsp3) is 0.714. The topological polar surface area (TPSA) is 51.8 Å². The molecule has 1 rings (SSSR count). The number of hydrogen-bond donors (Lipinski definition) is 1. The summed E-state index contributed by atoms with van der Waals surface area (Å²) in [4.78, 5) is 0. The SMILES string of the molecule is CC(C)(C)C(N)c1csnn1. The van der Waals surface area contributed by atoms with Crippen molar-refractivity contribution in [2.45, 2.75) is 26.8 Å². The van der Waals surface area contributed by atoms with Gasteiger partial charge in [0.2, 0.25) is 0 Å². The number of rotatable bonds is 1. The van der Waals surface area contributed by atoms with Crippen molar-refractivity contribution in [3.63, 3.8) is 0 Å². The van der Waals surface area contributed by atoms with E-state index in [4.69, 9.17) is 5.73 Å². The third kappa shape index (κ3) is 1.97. The second kappa shape index (κ2) is 2.87. The highest BCUT2D eigenvalue weighted by atomic mass is 32.1. The van der Waals surface area contributed by atoms with Crippen molar-refractivity contribution in [3.05, 3.63) is 11.1 Å². The largest absolute Gasteiger partial charge is 0.322 e. The van der Waals surface area contributed by atoms with Crippen LogP contribution in [-0.4, -0.2) is 9.59 Å². The van der Waals surface area contributed by atoms with Gasteiger partial charge in [-0.2, -0.15) is 0 Å². The molecule has 0 fully saturated rings. The minimum atomic E-state index is -0.0127. The van der Waals surface area contributed by atoms with Crippen molar-refractivity contribution in [1.29, 1.82) is 0 Å². The molecule has 0 saturated heterocycles. The van der Waals surface area contributed by atoms with Gasteiger partial charge in [0.1, 0.15) is 0 Å². The van der Waals surface area contributed by atoms with Gasteiger partial charge in [0, 0.05) is 5.38 Å². The summed E-state index contributed by atoms with van der Waals surface area (Å²) in [6.45, 7) is 6.28. The summed E-state index contributed by atoms with van der Waals surface area (Å²) in [5.41, 5.74) is 6.88. The van der Waals surface area contributed by atoms with Gasteiger partial charge >= 0.3 is 0 Å². The molecule has 1 atom stereocenters. The first kappa shape index (κ1) is 8.62. The van der Waals surface area contributed by atoms with E-state index in [1.807, 2.05) is 5.38 Å². The van der Waals surface area contributed by atoms with E-state index in [-0.39, 0.29) is 11.5 Å². The van der Waals surface area contributed by atoms with Crippen LogP contribution in [0.25, 0.3) is 0 Å². The predicted molar refractivity (Wildman–Crippen MR) is 46.3 cm³/mol. The van der Waals surface area contributed by atoms with Crippen LogP contribution in [0.2, 0.25) is 0 Å². The molecule has 0 aromatic carbocycles. The van der Waals surface area contributed by atoms with E-state index < -0.39 is 0 Å². The van der Waals surface area contributed by atoms with Crippen LogP contribution in [0.1, 0.15) is 32.5 Å². The lowest BCUT2D eigenvalue weighted by Crippen LogP contribution is -2.26. The van der Waals surface area contributed by atoms with E-state index in [0.29, 0.717) is 0 Å². The summed E-state index contributed by atoms with van der Waals surface area (Å²) < 4.78 is 3.77. The standard InChI is InChI=1S/C7H13N3S/c1-7(2,3)6(8)5-4-11-10-9-5/h4,6H,8H2,1-3H3. The highest BCUT2D eigenvalue weighted by Gasteiger charge is 2.23. The van der Waals surface area contributed by atoms with Gasteiger partial charge in [0.05, 0.1) is 11.7 Å². The molecule has 1 aromatic heterocycles. The Balaban J connectivity index is 2.78. The molecule has 0 saturated carbocycles. The average Bonchev–Trinajstić information content (AvgIpc) is 2.34. The second-order valence-electron chi connectivity index (χ2n) is 3.67. The summed E-state index contributed by atoms with van der Waals surface area (Å²) in [5.74, 6) is 0. The molecule has 0 amide bonds. The third-order valence-electron chi connectivity index (χ3n) is 1.63. The number of aromatic nitrogens is 2. The fourth-order valence-electron chi connectivity index (χ4n) is 0.751. The summed E-state index contributed by atoms with van der Waals surface area (Å²) >= 11 is 1.34. The minimum Gasteiger partial charge on any atom is -0.322 e. The third-order valence-corrected chi connectivity index (χ3v) is 2.15. The normalized spacial score (nSPS) is 14.9. The van der Waals surface area contributed by atoms with Crippen LogP contribution in [0.15, 0.2) is 5.38 Å². The molecule has 0 radical (unpaired) electrons. The molecular formula is C7H13N3S. The first-order valence-corrected chi connectivity index (χ1v) is 4.38. The molecule has 62 valence electrons. The maximum absolute atomic E-state index is 5.92. The first-order valence-electron chi connectivity index (χ1n) is 3.54. The molecule has 1 aromatic rings. The monoisotopic (exact) mass is 171 g/mol. The molecule has 4 heteroatoms. The molecule has 0 aliphatic heterocycles. The Bertz CT molecular complexity index is 212. The highest BCUT2D eigenvalue weighted by molar-refractivity contribution is 7.03. The van der Waals surface area contributed by atoms with E-state index >= 15 is 0 Å². The van der Waals surface area contributed by atoms with Gasteiger partial charge in [-0.1, -0.05) is 25.3 Å². The molecule has 11 heavy (non-hydrogen) atoms. The molecule has 3 nitrogen and oxygen atoms in total. The Morgan fingerprint density at radius 2 is 2.18 bits per heavy atom. The van der Waals surface area contributed by atoms with Crippen molar-refractivity contribution in [1.82, 2.24) is 9.59 Å². The zero-order valence-corrected chi connectivity index (χ0v) is 7.85. The summed E-state index contributed by atoms with van der Waals surface area (Å²) in [5, 5.41) is 5.82. The van der Waals surface area contributed by atoms with Crippen LogP contribution >= 0.6 is 11.5 Å². The molecule has 0 spiro atoms. The Labute approximate surface area is 70.8 Å². The van der Waals surface area contributed by atoms with Crippen molar-refractivity contribution < 1.29 is 0 Å². The van der Waals surface area contributed by atoms with Crippen molar-refractivity contribution in [2.75, 3.05) is 0 Å². The zero-order valence-electron chi connectivity index (χ0n) is 7.03. The maximum Gasteiger partial charge on any atom is 0.0927 e. The quantitative estimate of drug-likeness (QED) is 0.698. The molecular weight excluding hydrogens is 158 g/mol. The molecule has 0 aliphatic carbocycles. The lowest BCUT2D eigenvalue weighted by Gasteiger charge is -2.24. The Hall–Kier alpha value is -0.480. The van der Waals surface area contributed by atoms with Crippen LogP contribution in [0, 0.1) is 5.41 Å². The van der Waals surface area contributed by atoms with Gasteiger partial charge < -0.3 is 5.73 Å². The number of nitrogens with two attached hydrogens (primary N) is 1. The van der Waals surface area contributed by atoms with E-state index in [9.17, 15) is 0 Å². The Morgan fingerprint density at radius 1 is 1.55 bits per heavy atom. The highest BCUT2D eigenvalue weighted by Crippen LogP contribution is 2.29. The first-order chi connectivity index (χ1) is 5.02. The van der Waals surface area contributed by atoms with E-state index in [1.54, 1.807) is 0 Å². The predicted octanol–water partition coefficient (Wildman–Crippen LogP) is 1.58. The smallest absolute Gasteiger partial charge is 0.0927 e. The zero-order chi connectivity index (χ0) is 8.48. The van der Waals surface area contributed by atoms with E-state index in [1.165, 1.54) is 11.5 Å². The van der Waals surface area contributed by atoms with Gasteiger partial charge in [-0.3, -0.25) is 0 Å². The van der Waals surface area contributed by atoms with Crippen molar-refractivity contribution in [2.24, 2.45) is 11.1 Å². The van der Waals surface area contributed by atoms with E-state index in [2.05, 4.69) is 30.4 Å². The van der Waals surface area contributed by atoms with Crippen LogP contribution in [0.3, 0.4) is 0 Å². The maximum atomic E-state index is 5.92. The number of nitrogens with zero attached hydrogens (tertiary/aromatic N) is 2. The lowest BCUT2D eigenvalue weighted by atomic mass is 9.86. The van der Waals surface area contributed by atoms with Crippen molar-refractivity contribution in [3.8, 4) is 0 Å². The van der Waals surface area contributed by atoms with Gasteiger partial charge in [-0.05, 0) is 16.9 Å². The summed E-state index contributed by atoms with van der Waals surface area (Å²) in [7, 11) is 0. The van der Waals surface area contributed by atoms with Gasteiger partial charge in [0.25, 0.3) is 0 Å². The van der Waals surface area contributed by atoms with Gasteiger partial charge in [-0.15, -0.1) is 5.10 Å². The molecule has 0 aliphatic rings. The van der Waals surface area contributed by atoms with Crippen LogP contribution in [0.4, 0.5) is 0 Å². The van der Waals surface area contributed by atoms with Gasteiger partial charge in [0.15, 0.2) is 0 Å². The Kier molecular flexibility index (Phi) is 2.25. The summed E-state index contributed by atoms with van der Waals surface area (Å²) in [6, 6.07) is -0.0127. The average molecular weight is 171 g/mol. The Morgan fingerprint density at radius 3 is 2.55 bits per heavy atom. The second-order valence-corrected chi connectivity index (χ2v) is 4.28. The van der Waals surface area contributed by atoms with Crippen LogP contribution in [-0.2, 0) is 0 Å². The number of hydrogen-bond acceptors (Lipinski definition) is 4. The van der Waals surface area contributed by atoms with Crippen LogP contribution < -0.4 is 5.73 Å².